The minimum absolute atomic E-state index is 0.256. The molecular formula is C19H26N4O4S2. The highest BCUT2D eigenvalue weighted by molar-refractivity contribution is 7.86. The van der Waals surface area contributed by atoms with E-state index in [9.17, 15) is 13.2 Å². The molecule has 1 aliphatic heterocycles. The van der Waals surface area contributed by atoms with Crippen LogP contribution in [0.1, 0.15) is 40.7 Å². The lowest BCUT2D eigenvalue weighted by molar-refractivity contribution is 0.102. The molecule has 1 aromatic heterocycles. The number of amides is 1. The van der Waals surface area contributed by atoms with Crippen molar-refractivity contribution < 1.29 is 17.9 Å². The van der Waals surface area contributed by atoms with E-state index in [0.717, 1.165) is 29.2 Å². The SMILES string of the molecule is CCCCOc1ccc(C(=O)Nc2nc3c(s2)CN(S(=O)(=O)N(C)C)CC3)cc1. The summed E-state index contributed by atoms with van der Waals surface area (Å²) in [6, 6.07) is 6.99. The molecule has 1 aliphatic rings. The standard InChI is InChI=1S/C19H26N4O4S2/c1-4-5-12-27-15-8-6-14(7-9-15)18(24)21-19-20-16-10-11-23(13-17(16)28-19)29(25,26)22(2)3/h6-9H,4-5,10-13H2,1-3H3,(H,20,21,24). The van der Waals surface area contributed by atoms with Crippen LogP contribution in [0.15, 0.2) is 24.3 Å². The Bertz CT molecular complexity index is 955. The van der Waals surface area contributed by atoms with Gasteiger partial charge in [-0.1, -0.05) is 13.3 Å². The van der Waals surface area contributed by atoms with Gasteiger partial charge in [0.1, 0.15) is 5.75 Å². The fraction of sp³-hybridized carbons (Fsp3) is 0.474. The highest BCUT2D eigenvalue weighted by Gasteiger charge is 2.30. The van der Waals surface area contributed by atoms with Gasteiger partial charge in [0, 0.05) is 37.5 Å². The molecule has 158 valence electrons. The summed E-state index contributed by atoms with van der Waals surface area (Å²) in [7, 11) is -0.431. The molecule has 1 N–H and O–H groups in total. The zero-order valence-electron chi connectivity index (χ0n) is 16.8. The Kier molecular flexibility index (Phi) is 6.89. The number of unbranched alkanes of at least 4 members (excludes halogenated alkanes) is 1. The smallest absolute Gasteiger partial charge is 0.281 e. The number of hydrogen-bond acceptors (Lipinski definition) is 6. The summed E-state index contributed by atoms with van der Waals surface area (Å²) in [5, 5.41) is 3.29. The Hall–Kier alpha value is -2.01. The number of hydrogen-bond donors (Lipinski definition) is 1. The van der Waals surface area contributed by atoms with Crippen LogP contribution in [0.4, 0.5) is 5.13 Å². The second-order valence-corrected chi connectivity index (χ2v) is 10.2. The largest absolute Gasteiger partial charge is 0.494 e. The van der Waals surface area contributed by atoms with Crippen LogP contribution in [0.5, 0.6) is 5.75 Å². The highest BCUT2D eigenvalue weighted by atomic mass is 32.2. The minimum Gasteiger partial charge on any atom is -0.494 e. The summed E-state index contributed by atoms with van der Waals surface area (Å²) in [5.41, 5.74) is 1.35. The molecular weight excluding hydrogens is 412 g/mol. The van der Waals surface area contributed by atoms with Crippen LogP contribution >= 0.6 is 11.3 Å². The number of benzene rings is 1. The molecule has 2 heterocycles. The molecule has 29 heavy (non-hydrogen) atoms. The van der Waals surface area contributed by atoms with E-state index in [1.807, 2.05) is 0 Å². The Morgan fingerprint density at radius 2 is 2.03 bits per heavy atom. The van der Waals surface area contributed by atoms with Crippen LogP contribution < -0.4 is 10.1 Å². The fourth-order valence-corrected chi connectivity index (χ4v) is 5.04. The van der Waals surface area contributed by atoms with Gasteiger partial charge in [0.15, 0.2) is 5.13 Å². The van der Waals surface area contributed by atoms with Crippen molar-refractivity contribution in [2.24, 2.45) is 0 Å². The van der Waals surface area contributed by atoms with Crippen LogP contribution in [0.2, 0.25) is 0 Å². The van der Waals surface area contributed by atoms with Crippen molar-refractivity contribution in [1.29, 1.82) is 0 Å². The van der Waals surface area contributed by atoms with Crippen LogP contribution in [0.3, 0.4) is 0 Å². The van der Waals surface area contributed by atoms with Crippen LogP contribution in [-0.4, -0.2) is 55.2 Å². The maximum absolute atomic E-state index is 12.5. The van der Waals surface area contributed by atoms with Gasteiger partial charge in [-0.2, -0.15) is 17.0 Å². The molecule has 0 spiro atoms. The lowest BCUT2D eigenvalue weighted by Crippen LogP contribution is -2.42. The third-order valence-corrected chi connectivity index (χ3v) is 7.47. The third-order valence-electron chi connectivity index (χ3n) is 4.59. The lowest BCUT2D eigenvalue weighted by Gasteiger charge is -2.27. The number of aromatic nitrogens is 1. The molecule has 1 amide bonds. The summed E-state index contributed by atoms with van der Waals surface area (Å²) in [5.74, 6) is 0.482. The fourth-order valence-electron chi connectivity index (χ4n) is 2.86. The number of nitrogens with one attached hydrogen (secondary N) is 1. The predicted octanol–water partition coefficient (Wildman–Crippen LogP) is 2.74. The number of thiazole rings is 1. The average molecular weight is 439 g/mol. The first-order valence-corrected chi connectivity index (χ1v) is 11.7. The van der Waals surface area contributed by atoms with Crippen LogP contribution in [0, 0.1) is 0 Å². The van der Waals surface area contributed by atoms with Gasteiger partial charge in [0.25, 0.3) is 16.1 Å². The van der Waals surface area contributed by atoms with Gasteiger partial charge in [0.2, 0.25) is 0 Å². The van der Waals surface area contributed by atoms with Gasteiger partial charge in [-0.25, -0.2) is 4.98 Å². The van der Waals surface area contributed by atoms with Gasteiger partial charge in [-0.05, 0) is 30.7 Å². The molecule has 0 fully saturated rings. The van der Waals surface area contributed by atoms with Crippen molar-refractivity contribution in [3.8, 4) is 5.75 Å². The maximum Gasteiger partial charge on any atom is 0.281 e. The molecule has 2 aromatic rings. The van der Waals surface area contributed by atoms with Gasteiger partial charge >= 0.3 is 0 Å². The molecule has 1 aromatic carbocycles. The van der Waals surface area contributed by atoms with E-state index in [-0.39, 0.29) is 12.5 Å². The number of nitrogens with zero attached hydrogens (tertiary/aromatic N) is 3. The topological polar surface area (TPSA) is 91.8 Å². The maximum atomic E-state index is 12.5. The second-order valence-electron chi connectivity index (χ2n) is 6.94. The van der Waals surface area contributed by atoms with E-state index in [0.29, 0.717) is 30.3 Å². The Morgan fingerprint density at radius 1 is 1.31 bits per heavy atom. The summed E-state index contributed by atoms with van der Waals surface area (Å²) >= 11 is 1.31. The molecule has 3 rings (SSSR count). The van der Waals surface area contributed by atoms with Crippen molar-refractivity contribution >= 4 is 32.6 Å². The molecule has 0 saturated heterocycles. The minimum atomic E-state index is -3.47. The zero-order valence-corrected chi connectivity index (χ0v) is 18.5. The Balaban J connectivity index is 1.64. The van der Waals surface area contributed by atoms with Crippen molar-refractivity contribution in [2.75, 3.05) is 32.6 Å². The van der Waals surface area contributed by atoms with Gasteiger partial charge in [0.05, 0.1) is 18.8 Å². The number of carbonyl (C=O) groups excluding carboxylic acids is 1. The van der Waals surface area contributed by atoms with Crippen molar-refractivity contribution in [3.63, 3.8) is 0 Å². The normalized spacial score (nSPS) is 14.6. The second kappa shape index (κ2) is 9.21. The van der Waals surface area contributed by atoms with Gasteiger partial charge in [-0.3, -0.25) is 10.1 Å². The van der Waals surface area contributed by atoms with Crippen molar-refractivity contribution in [1.82, 2.24) is 13.6 Å². The molecule has 0 bridgehead atoms. The first kappa shape index (κ1) is 21.7. The third kappa shape index (κ3) is 5.13. The summed E-state index contributed by atoms with van der Waals surface area (Å²) < 4.78 is 32.9. The van der Waals surface area contributed by atoms with Crippen LogP contribution in [0.25, 0.3) is 0 Å². The number of fused-ring (bicyclic) bond motifs is 1. The molecule has 0 saturated carbocycles. The van der Waals surface area contributed by atoms with Crippen molar-refractivity contribution in [2.45, 2.75) is 32.7 Å². The van der Waals surface area contributed by atoms with E-state index < -0.39 is 10.2 Å². The van der Waals surface area contributed by atoms with E-state index in [1.165, 1.54) is 34.0 Å². The molecule has 10 heteroatoms. The molecule has 0 atom stereocenters. The predicted molar refractivity (Wildman–Crippen MR) is 114 cm³/mol. The van der Waals surface area contributed by atoms with E-state index in [1.54, 1.807) is 24.3 Å². The summed E-state index contributed by atoms with van der Waals surface area (Å²) in [6.45, 7) is 3.41. The monoisotopic (exact) mass is 438 g/mol. The number of rotatable bonds is 8. The number of ether oxygens (including phenoxy) is 1. The number of carbonyl (C=O) groups is 1. The molecule has 0 aliphatic carbocycles. The van der Waals surface area contributed by atoms with E-state index in [2.05, 4.69) is 17.2 Å². The molecule has 0 unspecified atom stereocenters. The molecule has 0 radical (unpaired) electrons. The zero-order chi connectivity index (χ0) is 21.0. The first-order valence-electron chi connectivity index (χ1n) is 9.51. The quantitative estimate of drug-likeness (QED) is 0.640. The molecule has 8 nitrogen and oxygen atoms in total. The number of anilines is 1. The summed E-state index contributed by atoms with van der Waals surface area (Å²) in [6.07, 6.45) is 2.58. The first-order chi connectivity index (χ1) is 13.8. The Labute approximate surface area is 175 Å². The highest BCUT2D eigenvalue weighted by Crippen LogP contribution is 2.30. The summed E-state index contributed by atoms with van der Waals surface area (Å²) in [4.78, 5) is 17.8. The van der Waals surface area contributed by atoms with E-state index in [4.69, 9.17) is 4.74 Å². The van der Waals surface area contributed by atoms with Crippen molar-refractivity contribution in [3.05, 3.63) is 40.4 Å². The van der Waals surface area contributed by atoms with E-state index >= 15 is 0 Å². The van der Waals surface area contributed by atoms with Crippen LogP contribution in [-0.2, 0) is 23.2 Å². The Morgan fingerprint density at radius 3 is 2.69 bits per heavy atom. The lowest BCUT2D eigenvalue weighted by atomic mass is 10.2. The van der Waals surface area contributed by atoms with Gasteiger partial charge < -0.3 is 4.74 Å². The average Bonchev–Trinajstić information content (AvgIpc) is 3.10. The van der Waals surface area contributed by atoms with Gasteiger partial charge in [-0.15, -0.1) is 11.3 Å².